The van der Waals surface area contributed by atoms with Crippen molar-refractivity contribution < 1.29 is 22.6 Å². The molecule has 0 heterocycles. The van der Waals surface area contributed by atoms with Crippen molar-refractivity contribution in [1.82, 2.24) is 0 Å². The number of benzene rings is 4. The van der Waals surface area contributed by atoms with E-state index in [1.165, 1.54) is 11.1 Å². The van der Waals surface area contributed by atoms with Gasteiger partial charge >= 0.3 is 0 Å². The molecule has 2 N–H and O–H groups in total. The van der Waals surface area contributed by atoms with Crippen molar-refractivity contribution in [2.24, 2.45) is 5.41 Å². The minimum atomic E-state index is -4.12. The highest BCUT2D eigenvalue weighted by molar-refractivity contribution is 7.85. The van der Waals surface area contributed by atoms with Crippen LogP contribution in [0.25, 0.3) is 17.2 Å². The summed E-state index contributed by atoms with van der Waals surface area (Å²) in [7, 11) is -4.12. The predicted octanol–water partition coefficient (Wildman–Crippen LogP) is 10.4. The highest BCUT2D eigenvalue weighted by atomic mass is 32.2. The third-order valence-corrected chi connectivity index (χ3v) is 9.78. The van der Waals surface area contributed by atoms with Crippen molar-refractivity contribution in [1.29, 1.82) is 0 Å². The van der Waals surface area contributed by atoms with Crippen molar-refractivity contribution in [2.45, 2.75) is 85.5 Å². The van der Waals surface area contributed by atoms with Crippen LogP contribution in [0.15, 0.2) is 97.1 Å². The van der Waals surface area contributed by atoms with Gasteiger partial charge in [-0.3, -0.25) is 14.1 Å². The smallest absolute Gasteiger partial charge is 0.264 e. The molecule has 264 valence electrons. The Morgan fingerprint density at radius 1 is 0.820 bits per heavy atom. The zero-order chi connectivity index (χ0) is 36.9. The highest BCUT2D eigenvalue weighted by Crippen LogP contribution is 2.36. The minimum absolute atomic E-state index is 0.0102. The lowest BCUT2D eigenvalue weighted by molar-refractivity contribution is -0.118. The van der Waals surface area contributed by atoms with Gasteiger partial charge in [-0.1, -0.05) is 139 Å². The molecule has 4 rings (SSSR count). The van der Waals surface area contributed by atoms with Crippen molar-refractivity contribution in [3.8, 4) is 11.1 Å². The molecule has 0 radical (unpaired) electrons. The number of allylic oxidation sites excluding steroid dienone is 1. The number of carbonyl (C=O) groups is 2. The summed E-state index contributed by atoms with van der Waals surface area (Å²) in [4.78, 5) is 26.8. The van der Waals surface area contributed by atoms with Crippen LogP contribution in [0, 0.1) is 12.3 Å². The van der Waals surface area contributed by atoms with Crippen LogP contribution in [0.4, 0.5) is 5.69 Å². The van der Waals surface area contributed by atoms with Gasteiger partial charge in [0.05, 0.1) is 11.7 Å². The molecule has 0 aromatic heterocycles. The van der Waals surface area contributed by atoms with Crippen LogP contribution >= 0.6 is 0 Å². The van der Waals surface area contributed by atoms with Crippen molar-refractivity contribution in [2.75, 3.05) is 11.1 Å². The first-order chi connectivity index (χ1) is 23.3. The molecule has 0 aliphatic heterocycles. The number of anilines is 1. The van der Waals surface area contributed by atoms with Gasteiger partial charge in [0.25, 0.3) is 10.1 Å². The average Bonchev–Trinajstić information content (AvgIpc) is 3.03. The third kappa shape index (κ3) is 10.8. The fraction of sp³-hybridized carbons (Fsp3) is 0.349. The van der Waals surface area contributed by atoms with Gasteiger partial charge in [-0.05, 0) is 81.2 Å². The number of hydrogen-bond acceptors (Lipinski definition) is 4. The molecule has 7 heteroatoms. The van der Waals surface area contributed by atoms with Crippen LogP contribution in [-0.2, 0) is 20.3 Å². The lowest BCUT2D eigenvalue weighted by Crippen LogP contribution is -2.25. The normalized spacial score (nSPS) is 13.6. The number of carbonyl (C=O) groups excluding carboxylic acids is 2. The SMILES string of the molecule is Cc1cc(C(C)(C)C)ccc1-c1ccc(NC(=O)C(c2ccc(/C=C/C(C)(C)C)cc2)C(C)c2ccc(C(=O)CCCS(=O)(=O)O)cc2)cc1. The maximum Gasteiger partial charge on any atom is 0.264 e. The molecular weight excluding hydrogens is 643 g/mol. The first-order valence-corrected chi connectivity index (χ1v) is 18.8. The quantitative estimate of drug-likeness (QED) is 0.114. The summed E-state index contributed by atoms with van der Waals surface area (Å²) in [6.45, 7) is 17.2. The summed E-state index contributed by atoms with van der Waals surface area (Å²) in [5.41, 5.74) is 8.82. The summed E-state index contributed by atoms with van der Waals surface area (Å²) in [6.07, 6.45) is 4.30. The second-order valence-corrected chi connectivity index (χ2v) is 17.0. The fourth-order valence-electron chi connectivity index (χ4n) is 5.96. The molecule has 4 aromatic carbocycles. The molecule has 1 amide bonds. The van der Waals surface area contributed by atoms with E-state index in [1.807, 2.05) is 67.6 Å². The summed E-state index contributed by atoms with van der Waals surface area (Å²) in [6, 6.07) is 29.7. The molecular formula is C43H51NO5S. The van der Waals surface area contributed by atoms with E-state index in [2.05, 4.69) is 84.1 Å². The fourth-order valence-corrected chi connectivity index (χ4v) is 6.47. The Labute approximate surface area is 298 Å². The molecule has 50 heavy (non-hydrogen) atoms. The van der Waals surface area contributed by atoms with E-state index in [-0.39, 0.29) is 41.3 Å². The predicted molar refractivity (Wildman–Crippen MR) is 206 cm³/mol. The highest BCUT2D eigenvalue weighted by Gasteiger charge is 2.29. The molecule has 0 saturated carbocycles. The maximum atomic E-state index is 14.1. The van der Waals surface area contributed by atoms with E-state index in [1.54, 1.807) is 12.1 Å². The number of hydrogen-bond donors (Lipinski definition) is 2. The van der Waals surface area contributed by atoms with Gasteiger partial charge < -0.3 is 5.32 Å². The summed E-state index contributed by atoms with van der Waals surface area (Å²) in [5.74, 6) is -1.57. The molecule has 6 nitrogen and oxygen atoms in total. The number of aryl methyl sites for hydroxylation is 1. The van der Waals surface area contributed by atoms with E-state index in [0.717, 1.165) is 27.8 Å². The van der Waals surface area contributed by atoms with Crippen molar-refractivity contribution in [3.05, 3.63) is 130 Å². The van der Waals surface area contributed by atoms with Crippen LogP contribution in [0.3, 0.4) is 0 Å². The Balaban J connectivity index is 1.58. The molecule has 0 aliphatic rings. The van der Waals surface area contributed by atoms with Gasteiger partial charge in [-0.2, -0.15) is 8.42 Å². The molecule has 4 aromatic rings. The Kier molecular flexibility index (Phi) is 12.1. The maximum absolute atomic E-state index is 14.1. The van der Waals surface area contributed by atoms with Crippen LogP contribution in [0.1, 0.15) is 111 Å². The molecule has 2 atom stereocenters. The topological polar surface area (TPSA) is 101 Å². The Morgan fingerprint density at radius 3 is 1.96 bits per heavy atom. The number of ketones is 1. The Bertz CT molecular complexity index is 1930. The molecule has 0 bridgehead atoms. The Morgan fingerprint density at radius 2 is 1.42 bits per heavy atom. The van der Waals surface area contributed by atoms with E-state index < -0.39 is 21.8 Å². The average molecular weight is 694 g/mol. The molecule has 0 spiro atoms. The largest absolute Gasteiger partial charge is 0.326 e. The lowest BCUT2D eigenvalue weighted by atomic mass is 9.81. The number of nitrogens with one attached hydrogen (secondary N) is 1. The van der Waals surface area contributed by atoms with Crippen LogP contribution < -0.4 is 5.32 Å². The van der Waals surface area contributed by atoms with Crippen LogP contribution in [0.5, 0.6) is 0 Å². The minimum Gasteiger partial charge on any atom is -0.326 e. The van der Waals surface area contributed by atoms with E-state index in [0.29, 0.717) is 11.3 Å². The van der Waals surface area contributed by atoms with Gasteiger partial charge in [0.2, 0.25) is 5.91 Å². The third-order valence-electron chi connectivity index (χ3n) is 8.97. The number of rotatable bonds is 12. The van der Waals surface area contributed by atoms with Gasteiger partial charge in [0.1, 0.15) is 0 Å². The van der Waals surface area contributed by atoms with Crippen LogP contribution in [0.2, 0.25) is 0 Å². The number of amides is 1. The zero-order valence-electron chi connectivity index (χ0n) is 30.6. The van der Waals surface area contributed by atoms with Gasteiger partial charge in [-0.15, -0.1) is 0 Å². The molecule has 2 unspecified atom stereocenters. The van der Waals surface area contributed by atoms with Gasteiger partial charge in [-0.25, -0.2) is 0 Å². The van der Waals surface area contributed by atoms with E-state index >= 15 is 0 Å². The summed E-state index contributed by atoms with van der Waals surface area (Å²) < 4.78 is 31.1. The molecule has 0 fully saturated rings. The standard InChI is InChI=1S/C43H51NO5S/c1-29-28-36(43(6,7)8)21-24-38(29)33-19-22-37(23-20-33)44-41(46)40(35-13-11-31(12-14-35)25-26-42(3,4)5)30(2)32-15-17-34(18-16-32)39(45)10-9-27-50(47,48)49/h11-26,28,30,40H,9-10,27H2,1-8H3,(H,44,46)(H,47,48,49)/b26-25+. The van der Waals surface area contributed by atoms with Crippen LogP contribution in [-0.4, -0.2) is 30.4 Å². The van der Waals surface area contributed by atoms with Crippen molar-refractivity contribution >= 4 is 33.6 Å². The van der Waals surface area contributed by atoms with E-state index in [4.69, 9.17) is 4.55 Å². The van der Waals surface area contributed by atoms with Crippen molar-refractivity contribution in [3.63, 3.8) is 0 Å². The zero-order valence-corrected chi connectivity index (χ0v) is 31.4. The second kappa shape index (κ2) is 15.7. The molecule has 0 aliphatic carbocycles. The summed E-state index contributed by atoms with van der Waals surface area (Å²) in [5, 5.41) is 3.16. The first-order valence-electron chi connectivity index (χ1n) is 17.2. The second-order valence-electron chi connectivity index (χ2n) is 15.4. The summed E-state index contributed by atoms with van der Waals surface area (Å²) >= 11 is 0. The number of Topliss-reactive ketones (excluding diaryl/α,β-unsaturated/α-hetero) is 1. The lowest BCUT2D eigenvalue weighted by Gasteiger charge is -2.25. The first kappa shape index (κ1) is 38.5. The monoisotopic (exact) mass is 693 g/mol. The van der Waals surface area contributed by atoms with E-state index in [9.17, 15) is 18.0 Å². The van der Waals surface area contributed by atoms with Gasteiger partial charge in [0, 0.05) is 17.7 Å². The Hall–Kier alpha value is -4.33. The van der Waals surface area contributed by atoms with Gasteiger partial charge in [0.15, 0.2) is 5.78 Å². The molecule has 0 saturated heterocycles.